The number of aromatic nitrogens is 1. The van der Waals surface area contributed by atoms with Gasteiger partial charge in [-0.25, -0.2) is 26.9 Å². The van der Waals surface area contributed by atoms with E-state index in [0.717, 1.165) is 4.31 Å². The first-order chi connectivity index (χ1) is 12.9. The van der Waals surface area contributed by atoms with Crippen LogP contribution in [0.25, 0.3) is 10.6 Å². The maximum atomic E-state index is 13.1. The molecule has 0 saturated heterocycles. The van der Waals surface area contributed by atoms with Gasteiger partial charge in [-0.3, -0.25) is 0 Å². The monoisotopic (exact) mass is 406 g/mol. The number of benzene rings is 2. The van der Waals surface area contributed by atoms with E-state index in [2.05, 4.69) is 9.72 Å². The lowest BCUT2D eigenvalue weighted by Gasteiger charge is -2.16. The lowest BCUT2D eigenvalue weighted by Crippen LogP contribution is -2.16. The number of esters is 1. The number of nitrogens with zero attached hydrogens (tertiary/aromatic N) is 2. The SMILES string of the molecule is COC(=O)c1ccc(N(c2nc(-c3ccc(F)cc3)sc2C)[SH](=O)=O)cc1. The van der Waals surface area contributed by atoms with Gasteiger partial charge in [0.2, 0.25) is 10.9 Å². The molecule has 6 nitrogen and oxygen atoms in total. The van der Waals surface area contributed by atoms with Crippen LogP contribution in [0.4, 0.5) is 15.9 Å². The smallest absolute Gasteiger partial charge is 0.337 e. The highest BCUT2D eigenvalue weighted by atomic mass is 32.2. The maximum absolute atomic E-state index is 13.1. The third-order valence-corrected chi connectivity index (χ3v) is 5.52. The van der Waals surface area contributed by atoms with E-state index in [1.165, 1.54) is 54.8 Å². The van der Waals surface area contributed by atoms with Crippen LogP contribution in [-0.4, -0.2) is 26.5 Å². The van der Waals surface area contributed by atoms with Crippen LogP contribution in [0.15, 0.2) is 48.5 Å². The van der Waals surface area contributed by atoms with Crippen molar-refractivity contribution in [2.45, 2.75) is 6.92 Å². The summed E-state index contributed by atoms with van der Waals surface area (Å²) in [6.07, 6.45) is 0. The van der Waals surface area contributed by atoms with Gasteiger partial charge in [0.1, 0.15) is 10.8 Å². The molecule has 0 atom stereocenters. The first kappa shape index (κ1) is 19.0. The number of ether oxygens (including phenoxy) is 1. The number of thiol groups is 1. The second-order valence-electron chi connectivity index (χ2n) is 5.49. The number of methoxy groups -OCH3 is 1. The Morgan fingerprint density at radius 2 is 1.74 bits per heavy atom. The molecule has 140 valence electrons. The molecule has 1 aromatic heterocycles. The van der Waals surface area contributed by atoms with E-state index in [-0.39, 0.29) is 11.6 Å². The molecule has 3 rings (SSSR count). The minimum Gasteiger partial charge on any atom is -0.465 e. The van der Waals surface area contributed by atoms with Crippen LogP contribution in [0.5, 0.6) is 0 Å². The van der Waals surface area contributed by atoms with Gasteiger partial charge in [0, 0.05) is 10.4 Å². The van der Waals surface area contributed by atoms with E-state index in [0.29, 0.717) is 26.7 Å². The number of aryl methyl sites for hydroxylation is 1. The van der Waals surface area contributed by atoms with Crippen molar-refractivity contribution in [3.05, 3.63) is 64.8 Å². The molecule has 27 heavy (non-hydrogen) atoms. The highest BCUT2D eigenvalue weighted by Gasteiger charge is 2.20. The number of hydrogen-bond acceptors (Lipinski definition) is 6. The molecule has 0 radical (unpaired) electrons. The van der Waals surface area contributed by atoms with Gasteiger partial charge in [-0.1, -0.05) is 0 Å². The molecule has 0 amide bonds. The Kier molecular flexibility index (Phi) is 5.52. The summed E-state index contributed by atoms with van der Waals surface area (Å²) in [6, 6.07) is 11.8. The average Bonchev–Trinajstić information content (AvgIpc) is 3.03. The quantitative estimate of drug-likeness (QED) is 0.516. The molecule has 0 aliphatic heterocycles. The third kappa shape index (κ3) is 3.99. The molecule has 1 heterocycles. The van der Waals surface area contributed by atoms with Crippen LogP contribution in [0, 0.1) is 12.7 Å². The van der Waals surface area contributed by atoms with E-state index in [1.807, 2.05) is 0 Å². The summed E-state index contributed by atoms with van der Waals surface area (Å²) in [5.41, 5.74) is 1.35. The normalized spacial score (nSPS) is 10.8. The van der Waals surface area contributed by atoms with Gasteiger partial charge in [0.05, 0.1) is 18.4 Å². The molecule has 0 aliphatic rings. The zero-order chi connectivity index (χ0) is 19.6. The number of rotatable bonds is 5. The van der Waals surface area contributed by atoms with Gasteiger partial charge in [0.15, 0.2) is 5.82 Å². The Bertz CT molecular complexity index is 1040. The largest absolute Gasteiger partial charge is 0.465 e. The zero-order valence-electron chi connectivity index (χ0n) is 14.4. The molecule has 0 aliphatic carbocycles. The zero-order valence-corrected chi connectivity index (χ0v) is 16.1. The summed E-state index contributed by atoms with van der Waals surface area (Å²) in [7, 11) is -1.75. The van der Waals surface area contributed by atoms with Crippen molar-refractivity contribution >= 4 is 39.7 Å². The Morgan fingerprint density at radius 1 is 1.11 bits per heavy atom. The Morgan fingerprint density at radius 3 is 2.30 bits per heavy atom. The summed E-state index contributed by atoms with van der Waals surface area (Å²) in [5.74, 6) is -0.605. The first-order valence-electron chi connectivity index (χ1n) is 7.77. The van der Waals surface area contributed by atoms with Crippen molar-refractivity contribution in [3.63, 3.8) is 0 Å². The van der Waals surface area contributed by atoms with Gasteiger partial charge in [-0.2, -0.15) is 0 Å². The minimum atomic E-state index is -3.02. The van der Waals surface area contributed by atoms with Crippen LogP contribution in [0.3, 0.4) is 0 Å². The third-order valence-electron chi connectivity index (χ3n) is 3.76. The van der Waals surface area contributed by atoms with Crippen LogP contribution < -0.4 is 4.31 Å². The van der Waals surface area contributed by atoms with Crippen molar-refractivity contribution in [1.82, 2.24) is 4.98 Å². The molecule has 0 saturated carbocycles. The number of thiazole rings is 1. The fourth-order valence-corrected chi connectivity index (χ4v) is 4.09. The van der Waals surface area contributed by atoms with Gasteiger partial charge in [-0.15, -0.1) is 11.3 Å². The number of anilines is 2. The van der Waals surface area contributed by atoms with Gasteiger partial charge in [0.25, 0.3) is 0 Å². The molecule has 0 spiro atoms. The number of carbonyl (C=O) groups excluding carboxylic acids is 1. The standard InChI is InChI=1S/C18H15FN2O4S2/c1-11-16(20-17(26-11)12-3-7-14(19)8-4-12)21(27(23)24)15-9-5-13(6-10-15)18(22)25-2/h3-10,27H,1-2H3. The lowest BCUT2D eigenvalue weighted by molar-refractivity contribution is 0.0600. The van der Waals surface area contributed by atoms with E-state index in [4.69, 9.17) is 0 Å². The predicted octanol–water partition coefficient (Wildman–Crippen LogP) is 3.71. The van der Waals surface area contributed by atoms with Gasteiger partial charge < -0.3 is 4.74 Å². The van der Waals surface area contributed by atoms with Gasteiger partial charge >= 0.3 is 5.97 Å². The van der Waals surface area contributed by atoms with Crippen LogP contribution in [0.1, 0.15) is 15.2 Å². The van der Waals surface area contributed by atoms with E-state index in [1.54, 1.807) is 19.1 Å². The Hall–Kier alpha value is -2.78. The van der Waals surface area contributed by atoms with Gasteiger partial charge in [-0.05, 0) is 55.5 Å². The van der Waals surface area contributed by atoms with Crippen molar-refractivity contribution in [1.29, 1.82) is 0 Å². The van der Waals surface area contributed by atoms with E-state index < -0.39 is 16.9 Å². The minimum absolute atomic E-state index is 0.265. The van der Waals surface area contributed by atoms with Crippen molar-refractivity contribution in [2.75, 3.05) is 11.4 Å². The van der Waals surface area contributed by atoms with E-state index in [9.17, 15) is 17.6 Å². The van der Waals surface area contributed by atoms with Crippen molar-refractivity contribution in [2.24, 2.45) is 0 Å². The average molecular weight is 406 g/mol. The molecule has 0 bridgehead atoms. The Balaban J connectivity index is 2.01. The molecule has 0 N–H and O–H groups in total. The summed E-state index contributed by atoms with van der Waals surface area (Å²) in [6.45, 7) is 1.76. The maximum Gasteiger partial charge on any atom is 0.337 e. The second-order valence-corrected chi connectivity index (χ2v) is 7.57. The fraction of sp³-hybridized carbons (Fsp3) is 0.111. The Labute approximate surface area is 160 Å². The highest BCUT2D eigenvalue weighted by molar-refractivity contribution is 7.74. The van der Waals surface area contributed by atoms with Crippen molar-refractivity contribution in [3.8, 4) is 10.6 Å². The summed E-state index contributed by atoms with van der Waals surface area (Å²) >= 11 is 1.31. The number of hydrogen-bond donors (Lipinski definition) is 1. The molecule has 0 unspecified atom stereocenters. The highest BCUT2D eigenvalue weighted by Crippen LogP contribution is 2.36. The first-order valence-corrected chi connectivity index (χ1v) is 9.71. The van der Waals surface area contributed by atoms with Crippen LogP contribution >= 0.6 is 11.3 Å². The second kappa shape index (κ2) is 7.85. The molecular formula is C18H15FN2O4S2. The number of halogens is 1. The number of carbonyl (C=O) groups is 1. The van der Waals surface area contributed by atoms with Crippen LogP contribution in [0.2, 0.25) is 0 Å². The van der Waals surface area contributed by atoms with Crippen LogP contribution in [-0.2, 0) is 15.6 Å². The summed E-state index contributed by atoms with van der Waals surface area (Å²) < 4.78 is 42.6. The molecule has 2 aromatic carbocycles. The molecule has 9 heteroatoms. The topological polar surface area (TPSA) is 76.6 Å². The molecular weight excluding hydrogens is 391 g/mol. The molecule has 0 fully saturated rings. The summed E-state index contributed by atoms with van der Waals surface area (Å²) in [5, 5.41) is 0.579. The van der Waals surface area contributed by atoms with Crippen molar-refractivity contribution < 1.29 is 22.3 Å². The summed E-state index contributed by atoms with van der Waals surface area (Å²) in [4.78, 5) is 16.7. The fourth-order valence-electron chi connectivity index (χ4n) is 2.45. The predicted molar refractivity (Wildman–Crippen MR) is 102 cm³/mol. The lowest BCUT2D eigenvalue weighted by atomic mass is 10.2. The van der Waals surface area contributed by atoms with E-state index >= 15 is 0 Å². The molecule has 3 aromatic rings.